The van der Waals surface area contributed by atoms with Gasteiger partial charge in [-0.2, -0.15) is 0 Å². The minimum atomic E-state index is 0.806. The number of hydrogen-bond donors (Lipinski definition) is 0. The molecule has 0 fully saturated rings. The lowest BCUT2D eigenvalue weighted by Gasteiger charge is -2.02. The highest BCUT2D eigenvalue weighted by molar-refractivity contribution is 7.99. The van der Waals surface area contributed by atoms with E-state index in [0.717, 1.165) is 18.8 Å². The Balaban J connectivity index is 2.48. The molecule has 1 rings (SSSR count). The molecule has 0 bridgehead atoms. The zero-order valence-electron chi connectivity index (χ0n) is 8.25. The van der Waals surface area contributed by atoms with Gasteiger partial charge < -0.3 is 4.74 Å². The maximum Gasteiger partial charge on any atom is 0.0502 e. The van der Waals surface area contributed by atoms with Crippen LogP contribution >= 0.6 is 11.8 Å². The number of methoxy groups -OCH3 is 1. The van der Waals surface area contributed by atoms with Gasteiger partial charge in [-0.15, -0.1) is 11.8 Å². The number of ether oxygens (including phenoxy) is 1. The molecule has 0 atom stereocenters. The van der Waals surface area contributed by atoms with Crippen LogP contribution in [-0.4, -0.2) is 19.5 Å². The highest BCUT2D eigenvalue weighted by Crippen LogP contribution is 2.17. The molecule has 0 aromatic heterocycles. The summed E-state index contributed by atoms with van der Waals surface area (Å²) in [5.41, 5.74) is 1.35. The SMILES string of the molecule is CCSc1ccc(CCOC)cc1. The Hall–Kier alpha value is -0.470. The lowest BCUT2D eigenvalue weighted by molar-refractivity contribution is 0.202. The van der Waals surface area contributed by atoms with Crippen LogP contribution in [0.25, 0.3) is 0 Å². The predicted molar refractivity (Wildman–Crippen MR) is 58.4 cm³/mol. The van der Waals surface area contributed by atoms with Crippen LogP contribution in [0, 0.1) is 0 Å². The molecule has 72 valence electrons. The molecular weight excluding hydrogens is 180 g/mol. The molecule has 2 heteroatoms. The van der Waals surface area contributed by atoms with Crippen molar-refractivity contribution in [3.8, 4) is 0 Å². The molecule has 0 N–H and O–H groups in total. The average molecular weight is 196 g/mol. The Bertz CT molecular complexity index is 230. The molecule has 13 heavy (non-hydrogen) atoms. The number of rotatable bonds is 5. The number of thioether (sulfide) groups is 1. The van der Waals surface area contributed by atoms with E-state index in [1.807, 2.05) is 11.8 Å². The molecule has 0 amide bonds. The van der Waals surface area contributed by atoms with Crippen LogP contribution in [0.1, 0.15) is 12.5 Å². The van der Waals surface area contributed by atoms with Crippen molar-refractivity contribution in [3.05, 3.63) is 29.8 Å². The first-order valence-corrected chi connectivity index (χ1v) is 5.56. The third-order valence-corrected chi connectivity index (χ3v) is 2.72. The van der Waals surface area contributed by atoms with Crippen molar-refractivity contribution in [2.24, 2.45) is 0 Å². The normalized spacial score (nSPS) is 10.3. The fourth-order valence-corrected chi connectivity index (χ4v) is 1.80. The standard InChI is InChI=1S/C11H16OS/c1-3-13-11-6-4-10(5-7-11)8-9-12-2/h4-7H,3,8-9H2,1-2H3. The maximum absolute atomic E-state index is 5.02. The average Bonchev–Trinajstić information content (AvgIpc) is 2.17. The molecule has 0 unspecified atom stereocenters. The van der Waals surface area contributed by atoms with Gasteiger partial charge in [0.1, 0.15) is 0 Å². The molecular formula is C11H16OS. The van der Waals surface area contributed by atoms with E-state index in [0.29, 0.717) is 0 Å². The summed E-state index contributed by atoms with van der Waals surface area (Å²) in [6.07, 6.45) is 1.01. The minimum Gasteiger partial charge on any atom is -0.384 e. The summed E-state index contributed by atoms with van der Waals surface area (Å²) in [7, 11) is 1.74. The van der Waals surface area contributed by atoms with Crippen molar-refractivity contribution in [1.29, 1.82) is 0 Å². The first-order valence-electron chi connectivity index (χ1n) is 4.57. The van der Waals surface area contributed by atoms with Gasteiger partial charge in [0.15, 0.2) is 0 Å². The second-order valence-electron chi connectivity index (χ2n) is 2.82. The van der Waals surface area contributed by atoms with Crippen LogP contribution in [0.5, 0.6) is 0 Å². The molecule has 1 aromatic carbocycles. The van der Waals surface area contributed by atoms with Crippen molar-refractivity contribution in [2.75, 3.05) is 19.5 Å². The molecule has 0 saturated heterocycles. The molecule has 1 aromatic rings. The Kier molecular flexibility index (Phi) is 4.94. The first kappa shape index (κ1) is 10.6. The van der Waals surface area contributed by atoms with E-state index >= 15 is 0 Å². The summed E-state index contributed by atoms with van der Waals surface area (Å²) in [4.78, 5) is 1.35. The zero-order chi connectivity index (χ0) is 9.52. The fraction of sp³-hybridized carbons (Fsp3) is 0.455. The molecule has 0 heterocycles. The summed E-state index contributed by atoms with van der Waals surface area (Å²) in [5.74, 6) is 1.14. The van der Waals surface area contributed by atoms with Crippen molar-refractivity contribution < 1.29 is 4.74 Å². The van der Waals surface area contributed by atoms with E-state index in [2.05, 4.69) is 31.2 Å². The fourth-order valence-electron chi connectivity index (χ4n) is 1.14. The van der Waals surface area contributed by atoms with Crippen molar-refractivity contribution in [3.63, 3.8) is 0 Å². The Morgan fingerprint density at radius 2 is 1.92 bits per heavy atom. The topological polar surface area (TPSA) is 9.23 Å². The smallest absolute Gasteiger partial charge is 0.0502 e. The Morgan fingerprint density at radius 1 is 1.23 bits per heavy atom. The van der Waals surface area contributed by atoms with Crippen LogP contribution < -0.4 is 0 Å². The van der Waals surface area contributed by atoms with Crippen LogP contribution in [0.2, 0.25) is 0 Å². The van der Waals surface area contributed by atoms with Gasteiger partial charge >= 0.3 is 0 Å². The van der Waals surface area contributed by atoms with Crippen molar-refractivity contribution in [1.82, 2.24) is 0 Å². The quantitative estimate of drug-likeness (QED) is 0.670. The third-order valence-electron chi connectivity index (χ3n) is 1.83. The van der Waals surface area contributed by atoms with Gasteiger partial charge in [-0.05, 0) is 29.9 Å². The van der Waals surface area contributed by atoms with Gasteiger partial charge in [0.25, 0.3) is 0 Å². The monoisotopic (exact) mass is 196 g/mol. The lowest BCUT2D eigenvalue weighted by atomic mass is 10.2. The summed E-state index contributed by atoms with van der Waals surface area (Å²) in [6, 6.07) is 8.71. The van der Waals surface area contributed by atoms with Crippen LogP contribution in [0.3, 0.4) is 0 Å². The van der Waals surface area contributed by atoms with E-state index < -0.39 is 0 Å². The molecule has 0 saturated carbocycles. The largest absolute Gasteiger partial charge is 0.384 e. The van der Waals surface area contributed by atoms with Crippen molar-refractivity contribution >= 4 is 11.8 Å². The lowest BCUT2D eigenvalue weighted by Crippen LogP contribution is -1.93. The van der Waals surface area contributed by atoms with Crippen LogP contribution in [0.4, 0.5) is 0 Å². The summed E-state index contributed by atoms with van der Waals surface area (Å²) < 4.78 is 5.02. The zero-order valence-corrected chi connectivity index (χ0v) is 9.06. The molecule has 0 spiro atoms. The number of hydrogen-bond acceptors (Lipinski definition) is 2. The first-order chi connectivity index (χ1) is 6.36. The molecule has 1 nitrogen and oxygen atoms in total. The summed E-state index contributed by atoms with van der Waals surface area (Å²) in [5, 5.41) is 0. The van der Waals surface area contributed by atoms with E-state index in [1.165, 1.54) is 10.5 Å². The van der Waals surface area contributed by atoms with E-state index in [-0.39, 0.29) is 0 Å². The molecule has 0 aliphatic carbocycles. The second-order valence-corrected chi connectivity index (χ2v) is 4.16. The van der Waals surface area contributed by atoms with Gasteiger partial charge in [0.05, 0.1) is 6.61 Å². The maximum atomic E-state index is 5.02. The van der Waals surface area contributed by atoms with Crippen molar-refractivity contribution in [2.45, 2.75) is 18.2 Å². The van der Waals surface area contributed by atoms with E-state index in [4.69, 9.17) is 4.74 Å². The van der Waals surface area contributed by atoms with Gasteiger partial charge in [-0.3, -0.25) is 0 Å². The number of benzene rings is 1. The van der Waals surface area contributed by atoms with Gasteiger partial charge in [0, 0.05) is 12.0 Å². The Morgan fingerprint density at radius 3 is 2.46 bits per heavy atom. The Labute approximate surface area is 84.5 Å². The van der Waals surface area contributed by atoms with Gasteiger partial charge in [-0.1, -0.05) is 19.1 Å². The summed E-state index contributed by atoms with van der Waals surface area (Å²) in [6.45, 7) is 2.98. The predicted octanol–water partition coefficient (Wildman–Crippen LogP) is 2.99. The van der Waals surface area contributed by atoms with Crippen LogP contribution in [-0.2, 0) is 11.2 Å². The highest BCUT2D eigenvalue weighted by atomic mass is 32.2. The second kappa shape index (κ2) is 6.06. The van der Waals surface area contributed by atoms with Gasteiger partial charge in [-0.25, -0.2) is 0 Å². The summed E-state index contributed by atoms with van der Waals surface area (Å²) >= 11 is 1.88. The third kappa shape index (κ3) is 3.83. The molecule has 0 radical (unpaired) electrons. The van der Waals surface area contributed by atoms with Crippen LogP contribution in [0.15, 0.2) is 29.2 Å². The molecule has 0 aliphatic heterocycles. The van der Waals surface area contributed by atoms with Gasteiger partial charge in [0.2, 0.25) is 0 Å². The minimum absolute atomic E-state index is 0.806. The molecule has 0 aliphatic rings. The highest BCUT2D eigenvalue weighted by Gasteiger charge is 1.93. The van der Waals surface area contributed by atoms with E-state index in [9.17, 15) is 0 Å². The van der Waals surface area contributed by atoms with E-state index in [1.54, 1.807) is 7.11 Å².